The molecule has 2 heterocycles. The predicted molar refractivity (Wildman–Crippen MR) is 62.7 cm³/mol. The Morgan fingerprint density at radius 2 is 2.35 bits per heavy atom. The second-order valence-corrected chi connectivity index (χ2v) is 3.57. The van der Waals surface area contributed by atoms with Crippen LogP contribution in [0.2, 0.25) is 0 Å². The SMILES string of the molecule is O=C(Nc1ccc2cn[nH]c2c1)n1ccnc1. The number of imidazole rings is 1. The van der Waals surface area contributed by atoms with Gasteiger partial charge in [-0.3, -0.25) is 9.67 Å². The molecule has 1 amide bonds. The third-order valence-electron chi connectivity index (χ3n) is 2.43. The van der Waals surface area contributed by atoms with Crippen molar-refractivity contribution in [3.05, 3.63) is 43.1 Å². The van der Waals surface area contributed by atoms with Gasteiger partial charge in [0.2, 0.25) is 0 Å². The van der Waals surface area contributed by atoms with Crippen molar-refractivity contribution >= 4 is 22.6 Å². The lowest BCUT2D eigenvalue weighted by Gasteiger charge is -2.04. The van der Waals surface area contributed by atoms with Crippen LogP contribution in [-0.4, -0.2) is 25.8 Å². The average molecular weight is 227 g/mol. The summed E-state index contributed by atoms with van der Waals surface area (Å²) in [6.07, 6.45) is 6.32. The minimum Gasteiger partial charge on any atom is -0.307 e. The molecule has 3 aromatic rings. The fourth-order valence-corrected chi connectivity index (χ4v) is 1.58. The third kappa shape index (κ3) is 1.76. The van der Waals surface area contributed by atoms with E-state index in [4.69, 9.17) is 0 Å². The smallest absolute Gasteiger partial charge is 0.307 e. The summed E-state index contributed by atoms with van der Waals surface area (Å²) in [4.78, 5) is 15.5. The zero-order valence-corrected chi connectivity index (χ0v) is 8.79. The van der Waals surface area contributed by atoms with Crippen molar-refractivity contribution in [3.63, 3.8) is 0 Å². The molecule has 0 fully saturated rings. The fraction of sp³-hybridized carbons (Fsp3) is 0. The summed E-state index contributed by atoms with van der Waals surface area (Å²) in [5.41, 5.74) is 1.59. The third-order valence-corrected chi connectivity index (χ3v) is 2.43. The molecule has 0 bridgehead atoms. The highest BCUT2D eigenvalue weighted by atomic mass is 16.2. The van der Waals surface area contributed by atoms with Gasteiger partial charge in [0.1, 0.15) is 6.33 Å². The van der Waals surface area contributed by atoms with Crippen LogP contribution in [0, 0.1) is 0 Å². The Hall–Kier alpha value is -2.63. The minimum atomic E-state index is -0.249. The molecule has 0 spiro atoms. The van der Waals surface area contributed by atoms with Gasteiger partial charge >= 0.3 is 6.03 Å². The van der Waals surface area contributed by atoms with Gasteiger partial charge in [0, 0.05) is 23.5 Å². The first-order valence-electron chi connectivity index (χ1n) is 5.05. The number of amides is 1. The Morgan fingerprint density at radius 1 is 1.41 bits per heavy atom. The van der Waals surface area contributed by atoms with Crippen LogP contribution in [-0.2, 0) is 0 Å². The van der Waals surface area contributed by atoms with Crippen molar-refractivity contribution in [2.45, 2.75) is 0 Å². The van der Waals surface area contributed by atoms with E-state index >= 15 is 0 Å². The normalized spacial score (nSPS) is 10.6. The van der Waals surface area contributed by atoms with Crippen molar-refractivity contribution in [1.29, 1.82) is 0 Å². The molecule has 0 unspecified atom stereocenters. The van der Waals surface area contributed by atoms with Gasteiger partial charge in [0.25, 0.3) is 0 Å². The van der Waals surface area contributed by atoms with Crippen LogP contribution in [0.25, 0.3) is 10.9 Å². The molecule has 0 aliphatic carbocycles. The fourth-order valence-electron chi connectivity index (χ4n) is 1.58. The summed E-state index contributed by atoms with van der Waals surface area (Å²) >= 11 is 0. The standard InChI is InChI=1S/C11H9N5O/c17-11(16-4-3-12-7-16)14-9-2-1-8-6-13-15-10(8)5-9/h1-7H,(H,13,15)(H,14,17). The number of carbonyl (C=O) groups excluding carboxylic acids is 1. The molecule has 2 aromatic heterocycles. The second kappa shape index (κ2) is 3.75. The maximum Gasteiger partial charge on any atom is 0.331 e. The van der Waals surface area contributed by atoms with Gasteiger partial charge in [-0.05, 0) is 18.2 Å². The summed E-state index contributed by atoms with van der Waals surface area (Å²) in [5, 5.41) is 10.5. The van der Waals surface area contributed by atoms with E-state index < -0.39 is 0 Å². The first kappa shape index (κ1) is 9.59. The summed E-state index contributed by atoms with van der Waals surface area (Å²) in [6.45, 7) is 0. The number of H-pyrrole nitrogens is 1. The summed E-state index contributed by atoms with van der Waals surface area (Å²) in [6, 6.07) is 5.30. The highest BCUT2D eigenvalue weighted by Gasteiger charge is 2.04. The van der Waals surface area contributed by atoms with E-state index in [0.29, 0.717) is 5.69 Å². The zero-order chi connectivity index (χ0) is 11.7. The van der Waals surface area contributed by atoms with Crippen molar-refractivity contribution in [2.24, 2.45) is 0 Å². The van der Waals surface area contributed by atoms with Crippen LogP contribution in [0.5, 0.6) is 0 Å². The van der Waals surface area contributed by atoms with Crippen LogP contribution < -0.4 is 5.32 Å². The summed E-state index contributed by atoms with van der Waals surface area (Å²) in [7, 11) is 0. The van der Waals surface area contributed by atoms with E-state index in [1.54, 1.807) is 18.6 Å². The molecule has 1 aromatic carbocycles. The molecule has 0 aliphatic heterocycles. The Morgan fingerprint density at radius 3 is 3.18 bits per heavy atom. The van der Waals surface area contributed by atoms with E-state index in [9.17, 15) is 4.79 Å². The van der Waals surface area contributed by atoms with Gasteiger partial charge in [0.05, 0.1) is 11.7 Å². The number of benzene rings is 1. The number of fused-ring (bicyclic) bond motifs is 1. The number of aromatic amines is 1. The quantitative estimate of drug-likeness (QED) is 0.666. The Labute approximate surface area is 96.3 Å². The average Bonchev–Trinajstić information content (AvgIpc) is 2.99. The Balaban J connectivity index is 1.87. The Bertz CT molecular complexity index is 655. The maximum atomic E-state index is 11.7. The molecule has 6 heteroatoms. The molecular weight excluding hydrogens is 218 g/mol. The number of hydrogen-bond donors (Lipinski definition) is 2. The molecule has 3 rings (SSSR count). The first-order valence-corrected chi connectivity index (χ1v) is 5.05. The lowest BCUT2D eigenvalue weighted by molar-refractivity contribution is 0.253. The van der Waals surface area contributed by atoms with Crippen LogP contribution >= 0.6 is 0 Å². The number of anilines is 1. The predicted octanol–water partition coefficient (Wildman–Crippen LogP) is 1.84. The molecular formula is C11H9N5O. The first-order chi connectivity index (χ1) is 8.33. The number of nitrogens with one attached hydrogen (secondary N) is 2. The minimum absolute atomic E-state index is 0.249. The van der Waals surface area contributed by atoms with Gasteiger partial charge in [-0.15, -0.1) is 0 Å². The van der Waals surface area contributed by atoms with Gasteiger partial charge < -0.3 is 5.32 Å². The van der Waals surface area contributed by atoms with Crippen LogP contribution in [0.3, 0.4) is 0 Å². The van der Waals surface area contributed by atoms with E-state index in [-0.39, 0.29) is 6.03 Å². The molecule has 17 heavy (non-hydrogen) atoms. The molecule has 84 valence electrons. The number of rotatable bonds is 1. The largest absolute Gasteiger partial charge is 0.331 e. The van der Waals surface area contributed by atoms with Crippen molar-refractivity contribution in [1.82, 2.24) is 19.7 Å². The number of carbonyl (C=O) groups is 1. The molecule has 0 saturated carbocycles. The van der Waals surface area contributed by atoms with E-state index in [0.717, 1.165) is 10.9 Å². The van der Waals surface area contributed by atoms with Gasteiger partial charge in [-0.1, -0.05) is 0 Å². The molecule has 0 radical (unpaired) electrons. The lowest BCUT2D eigenvalue weighted by Crippen LogP contribution is -2.17. The maximum absolute atomic E-state index is 11.7. The van der Waals surface area contributed by atoms with Gasteiger partial charge in [-0.25, -0.2) is 9.78 Å². The lowest BCUT2D eigenvalue weighted by atomic mass is 10.2. The zero-order valence-electron chi connectivity index (χ0n) is 8.79. The van der Waals surface area contributed by atoms with Gasteiger partial charge in [0.15, 0.2) is 0 Å². The molecule has 2 N–H and O–H groups in total. The summed E-state index contributed by atoms with van der Waals surface area (Å²) < 4.78 is 1.37. The van der Waals surface area contributed by atoms with Crippen LogP contribution in [0.4, 0.5) is 10.5 Å². The Kier molecular flexibility index (Phi) is 2.11. The molecule has 0 aliphatic rings. The van der Waals surface area contributed by atoms with Crippen LogP contribution in [0.1, 0.15) is 0 Å². The van der Waals surface area contributed by atoms with Crippen molar-refractivity contribution in [2.75, 3.05) is 5.32 Å². The highest BCUT2D eigenvalue weighted by molar-refractivity contribution is 5.93. The molecule has 0 saturated heterocycles. The van der Waals surface area contributed by atoms with E-state index in [1.165, 1.54) is 10.9 Å². The number of hydrogen-bond acceptors (Lipinski definition) is 3. The topological polar surface area (TPSA) is 75.6 Å². The summed E-state index contributed by atoms with van der Waals surface area (Å²) in [5.74, 6) is 0. The van der Waals surface area contributed by atoms with E-state index in [2.05, 4.69) is 20.5 Å². The van der Waals surface area contributed by atoms with Crippen LogP contribution in [0.15, 0.2) is 43.1 Å². The monoisotopic (exact) mass is 227 g/mol. The van der Waals surface area contributed by atoms with Crippen molar-refractivity contribution < 1.29 is 4.79 Å². The molecule has 6 nitrogen and oxygen atoms in total. The number of aromatic nitrogens is 4. The number of nitrogens with zero attached hydrogens (tertiary/aromatic N) is 3. The second-order valence-electron chi connectivity index (χ2n) is 3.57. The van der Waals surface area contributed by atoms with E-state index in [1.807, 2.05) is 18.2 Å². The van der Waals surface area contributed by atoms with Crippen molar-refractivity contribution in [3.8, 4) is 0 Å². The van der Waals surface area contributed by atoms with Gasteiger partial charge in [-0.2, -0.15) is 5.10 Å². The highest BCUT2D eigenvalue weighted by Crippen LogP contribution is 2.16. The molecule has 0 atom stereocenters.